The van der Waals surface area contributed by atoms with Crippen molar-refractivity contribution < 1.29 is 8.82 Å². The zero-order valence-corrected chi connectivity index (χ0v) is 12.2. The molecular weight excluding hydrogens is 270 g/mol. The number of fused-ring (bicyclic) bond motifs is 3. The normalized spacial score (nSPS) is 11.9. The number of hydrogen-bond donors (Lipinski definition) is 0. The number of rotatable bonds is 1. The second-order valence-corrected chi connectivity index (χ2v) is 5.78. The van der Waals surface area contributed by atoms with Gasteiger partial charge in [-0.3, -0.25) is 0 Å². The van der Waals surface area contributed by atoms with Crippen LogP contribution in [0.15, 0.2) is 71.1 Å². The van der Waals surface area contributed by atoms with E-state index in [1.165, 1.54) is 22.4 Å². The minimum absolute atomic E-state index is 0.889. The number of pyridine rings is 1. The van der Waals surface area contributed by atoms with Gasteiger partial charge in [0.1, 0.15) is 0 Å². The third kappa shape index (κ3) is 1.41. The molecule has 2 heteroatoms. The van der Waals surface area contributed by atoms with Gasteiger partial charge in [-0.1, -0.05) is 42.0 Å². The Morgan fingerprint density at radius 3 is 2.55 bits per heavy atom. The Bertz CT molecular complexity index is 1030. The highest BCUT2D eigenvalue weighted by molar-refractivity contribution is 5.89. The van der Waals surface area contributed by atoms with E-state index in [4.69, 9.17) is 4.42 Å². The molecule has 0 saturated heterocycles. The largest absolute Gasteiger partial charge is 0.397 e. The van der Waals surface area contributed by atoms with E-state index in [9.17, 15) is 0 Å². The van der Waals surface area contributed by atoms with Gasteiger partial charge in [-0.25, -0.2) is 0 Å². The van der Waals surface area contributed by atoms with Crippen LogP contribution in [0, 0.1) is 6.92 Å². The van der Waals surface area contributed by atoms with Gasteiger partial charge in [0, 0.05) is 11.6 Å². The molecule has 0 unspecified atom stereocenters. The van der Waals surface area contributed by atoms with Gasteiger partial charge < -0.3 is 4.42 Å². The molecule has 104 valence electrons. The molecule has 2 aromatic heterocycles. The van der Waals surface area contributed by atoms with Gasteiger partial charge in [-0.2, -0.15) is 0 Å². The van der Waals surface area contributed by atoms with Gasteiger partial charge in [0.15, 0.2) is 0 Å². The Labute approximate surface area is 128 Å². The van der Waals surface area contributed by atoms with Crippen molar-refractivity contribution in [2.75, 3.05) is 0 Å². The summed E-state index contributed by atoms with van der Waals surface area (Å²) in [5.41, 5.74) is 8.17. The molecule has 22 heavy (non-hydrogen) atoms. The molecule has 0 saturated carbocycles. The fourth-order valence-electron chi connectivity index (χ4n) is 3.37. The summed E-state index contributed by atoms with van der Waals surface area (Å²) in [5, 5.41) is 0. The Morgan fingerprint density at radius 2 is 1.68 bits per heavy atom. The lowest BCUT2D eigenvalue weighted by Crippen LogP contribution is -2.20. The van der Waals surface area contributed by atoms with Crippen molar-refractivity contribution in [1.82, 2.24) is 0 Å². The van der Waals surface area contributed by atoms with E-state index in [-0.39, 0.29) is 0 Å². The van der Waals surface area contributed by atoms with E-state index in [0.717, 1.165) is 22.7 Å². The molecule has 0 bridgehead atoms. The fraction of sp³-hybridized carbons (Fsp3) is 0.0500. The molecule has 1 aliphatic heterocycles. The molecular formula is C20H14NO+. The second kappa shape index (κ2) is 4.08. The van der Waals surface area contributed by atoms with Crippen molar-refractivity contribution in [3.63, 3.8) is 0 Å². The minimum Gasteiger partial charge on any atom is -0.397 e. The van der Waals surface area contributed by atoms with Gasteiger partial charge in [0.25, 0.3) is 5.69 Å². The standard InChI is InChI=1S/C20H14NO/c1-13-10-11-15-16(12-13)17-8-5-9-18-21(17)19(15)20(22-18)14-6-3-2-4-7-14/h2-12H,1H3/q+1. The summed E-state index contributed by atoms with van der Waals surface area (Å²) in [5.74, 6) is 0.940. The lowest BCUT2D eigenvalue weighted by atomic mass is 10.00. The first-order valence-electron chi connectivity index (χ1n) is 7.47. The van der Waals surface area contributed by atoms with Crippen molar-refractivity contribution >= 4 is 5.71 Å². The van der Waals surface area contributed by atoms with E-state index < -0.39 is 0 Å². The van der Waals surface area contributed by atoms with Gasteiger partial charge in [0.2, 0.25) is 11.5 Å². The highest BCUT2D eigenvalue weighted by Gasteiger charge is 2.37. The lowest BCUT2D eigenvalue weighted by molar-refractivity contribution is -0.485. The monoisotopic (exact) mass is 284 g/mol. The average molecular weight is 284 g/mol. The van der Waals surface area contributed by atoms with Crippen LogP contribution in [0.1, 0.15) is 5.56 Å². The fourth-order valence-corrected chi connectivity index (χ4v) is 3.37. The molecule has 5 rings (SSSR count). The molecule has 0 atom stereocenters. The SMILES string of the molecule is Cc1ccc2c(c1)-c1cccc3oc(-c4ccccc4)c-2[n+]13. The first-order chi connectivity index (χ1) is 10.8. The Morgan fingerprint density at radius 1 is 0.818 bits per heavy atom. The van der Waals surface area contributed by atoms with Crippen LogP contribution in [0.2, 0.25) is 0 Å². The first-order valence-corrected chi connectivity index (χ1v) is 7.47. The Hall–Kier alpha value is -2.87. The number of benzene rings is 2. The summed E-state index contributed by atoms with van der Waals surface area (Å²) >= 11 is 0. The molecule has 0 radical (unpaired) electrons. The van der Waals surface area contributed by atoms with E-state index in [1.807, 2.05) is 24.3 Å². The molecule has 4 aromatic rings. The van der Waals surface area contributed by atoms with Crippen molar-refractivity contribution in [3.8, 4) is 33.8 Å². The van der Waals surface area contributed by atoms with Gasteiger partial charge in [0.05, 0.1) is 17.2 Å². The summed E-state index contributed by atoms with van der Waals surface area (Å²) in [6, 6.07) is 23.2. The smallest absolute Gasteiger partial charge is 0.380 e. The average Bonchev–Trinajstić information content (AvgIpc) is 3.09. The van der Waals surface area contributed by atoms with E-state index in [1.54, 1.807) is 0 Å². The maximum atomic E-state index is 6.17. The number of aromatic nitrogens is 1. The molecule has 2 nitrogen and oxygen atoms in total. The second-order valence-electron chi connectivity index (χ2n) is 5.78. The van der Waals surface area contributed by atoms with E-state index >= 15 is 0 Å². The number of hydrogen-bond acceptors (Lipinski definition) is 1. The van der Waals surface area contributed by atoms with Crippen molar-refractivity contribution in [2.24, 2.45) is 0 Å². The van der Waals surface area contributed by atoms with Gasteiger partial charge >= 0.3 is 5.71 Å². The molecule has 0 N–H and O–H groups in total. The molecule has 0 spiro atoms. The topological polar surface area (TPSA) is 17.2 Å². The summed E-state index contributed by atoms with van der Waals surface area (Å²) in [6.45, 7) is 2.14. The molecule has 0 amide bonds. The predicted molar refractivity (Wildman–Crippen MR) is 86.5 cm³/mol. The van der Waals surface area contributed by atoms with E-state index in [0.29, 0.717) is 0 Å². The van der Waals surface area contributed by atoms with Crippen LogP contribution >= 0.6 is 0 Å². The zero-order chi connectivity index (χ0) is 14.7. The predicted octanol–water partition coefficient (Wildman–Crippen LogP) is 4.64. The van der Waals surface area contributed by atoms with Crippen LogP contribution in [-0.2, 0) is 0 Å². The van der Waals surface area contributed by atoms with Crippen LogP contribution in [-0.4, -0.2) is 0 Å². The Balaban J connectivity index is 1.94. The van der Waals surface area contributed by atoms with Crippen molar-refractivity contribution in [1.29, 1.82) is 0 Å². The number of oxazole rings is 1. The third-order valence-corrected chi connectivity index (χ3v) is 4.34. The van der Waals surface area contributed by atoms with Gasteiger partial charge in [-0.05, 0) is 25.1 Å². The zero-order valence-electron chi connectivity index (χ0n) is 12.2. The summed E-state index contributed by atoms with van der Waals surface area (Å²) < 4.78 is 8.40. The summed E-state index contributed by atoms with van der Waals surface area (Å²) in [6.07, 6.45) is 0. The maximum Gasteiger partial charge on any atom is 0.380 e. The van der Waals surface area contributed by atoms with Gasteiger partial charge in [-0.15, -0.1) is 4.40 Å². The van der Waals surface area contributed by atoms with Crippen molar-refractivity contribution in [3.05, 3.63) is 72.3 Å². The lowest BCUT2D eigenvalue weighted by Gasteiger charge is -1.99. The van der Waals surface area contributed by atoms with Crippen LogP contribution in [0.25, 0.3) is 39.6 Å². The number of nitrogens with zero attached hydrogens (tertiary/aromatic N) is 1. The van der Waals surface area contributed by atoms with Crippen molar-refractivity contribution in [2.45, 2.75) is 6.92 Å². The molecule has 0 aliphatic carbocycles. The summed E-state index contributed by atoms with van der Waals surface area (Å²) in [4.78, 5) is 0. The molecule has 0 fully saturated rings. The molecule has 2 aromatic carbocycles. The Kier molecular flexibility index (Phi) is 2.18. The van der Waals surface area contributed by atoms with Crippen LogP contribution in [0.3, 0.4) is 0 Å². The van der Waals surface area contributed by atoms with Crippen LogP contribution < -0.4 is 4.40 Å². The summed E-state index contributed by atoms with van der Waals surface area (Å²) in [7, 11) is 0. The maximum absolute atomic E-state index is 6.17. The quantitative estimate of drug-likeness (QED) is 0.410. The van der Waals surface area contributed by atoms with E-state index in [2.05, 4.69) is 53.8 Å². The molecule has 3 heterocycles. The highest BCUT2D eigenvalue weighted by Crippen LogP contribution is 2.42. The molecule has 1 aliphatic rings. The first kappa shape index (κ1) is 11.8. The third-order valence-electron chi connectivity index (χ3n) is 4.34. The van der Waals surface area contributed by atoms with Crippen LogP contribution in [0.5, 0.6) is 0 Å². The minimum atomic E-state index is 0.889. The van der Waals surface area contributed by atoms with Crippen LogP contribution in [0.4, 0.5) is 0 Å². The highest BCUT2D eigenvalue weighted by atomic mass is 16.3. The number of aryl methyl sites for hydroxylation is 1.